The molecule has 3 N–H and O–H groups in total. The molecule has 0 aliphatic rings. The third-order valence-electron chi connectivity index (χ3n) is 2.29. The first-order valence-electron chi connectivity index (χ1n) is 4.96. The van der Waals surface area contributed by atoms with Crippen molar-refractivity contribution in [1.29, 1.82) is 0 Å². The highest BCUT2D eigenvalue weighted by Gasteiger charge is 2.10. The lowest BCUT2D eigenvalue weighted by atomic mass is 10.0. The van der Waals surface area contributed by atoms with Gasteiger partial charge in [0, 0.05) is 11.9 Å². The van der Waals surface area contributed by atoms with Crippen molar-refractivity contribution in [1.82, 2.24) is 5.43 Å². The molecule has 0 aliphatic heterocycles. The Kier molecular flexibility index (Phi) is 5.02. The molecule has 0 bridgehead atoms. The van der Waals surface area contributed by atoms with Gasteiger partial charge in [-0.3, -0.25) is 11.3 Å². The zero-order valence-corrected chi connectivity index (χ0v) is 9.52. The summed E-state index contributed by atoms with van der Waals surface area (Å²) in [5, 5.41) is 0. The quantitative estimate of drug-likeness (QED) is 0.464. The molecule has 0 saturated heterocycles. The minimum atomic E-state index is -0.226. The van der Waals surface area contributed by atoms with Crippen LogP contribution in [0.25, 0.3) is 0 Å². The predicted molar refractivity (Wildman–Crippen MR) is 61.2 cm³/mol. The molecule has 0 spiro atoms. The van der Waals surface area contributed by atoms with Gasteiger partial charge in [0.25, 0.3) is 0 Å². The standard InChI is InChI=1S/C11H16ClFN2/c1-8-5-9(7-10(13)6-8)11(15-14)3-2-4-12/h5-7,11,15H,2-4,14H2,1H3. The van der Waals surface area contributed by atoms with E-state index in [0.717, 1.165) is 24.0 Å². The van der Waals surface area contributed by atoms with Gasteiger partial charge >= 0.3 is 0 Å². The highest BCUT2D eigenvalue weighted by atomic mass is 35.5. The molecule has 0 aliphatic carbocycles. The average molecular weight is 231 g/mol. The van der Waals surface area contributed by atoms with Crippen LogP contribution in [0.3, 0.4) is 0 Å². The minimum Gasteiger partial charge on any atom is -0.271 e. The Morgan fingerprint density at radius 1 is 1.47 bits per heavy atom. The van der Waals surface area contributed by atoms with E-state index in [4.69, 9.17) is 17.4 Å². The van der Waals surface area contributed by atoms with Crippen LogP contribution in [0.2, 0.25) is 0 Å². The van der Waals surface area contributed by atoms with Crippen LogP contribution < -0.4 is 11.3 Å². The summed E-state index contributed by atoms with van der Waals surface area (Å²) in [5.74, 6) is 5.79. The van der Waals surface area contributed by atoms with Crippen molar-refractivity contribution < 1.29 is 4.39 Å². The molecular formula is C11H16ClFN2. The Morgan fingerprint density at radius 3 is 2.73 bits per heavy atom. The van der Waals surface area contributed by atoms with Crippen LogP contribution in [0.5, 0.6) is 0 Å². The van der Waals surface area contributed by atoms with Gasteiger partial charge in [-0.1, -0.05) is 6.07 Å². The first-order chi connectivity index (χ1) is 7.17. The fourth-order valence-corrected chi connectivity index (χ4v) is 1.75. The summed E-state index contributed by atoms with van der Waals surface area (Å²) in [4.78, 5) is 0. The van der Waals surface area contributed by atoms with Crippen molar-refractivity contribution in [2.45, 2.75) is 25.8 Å². The lowest BCUT2D eigenvalue weighted by Crippen LogP contribution is -2.28. The zero-order valence-electron chi connectivity index (χ0n) is 8.76. The fraction of sp³-hybridized carbons (Fsp3) is 0.455. The van der Waals surface area contributed by atoms with Crippen LogP contribution >= 0.6 is 11.6 Å². The highest BCUT2D eigenvalue weighted by molar-refractivity contribution is 6.17. The molecule has 4 heteroatoms. The summed E-state index contributed by atoms with van der Waals surface area (Å²) in [6, 6.07) is 4.91. The zero-order chi connectivity index (χ0) is 11.3. The topological polar surface area (TPSA) is 38.0 Å². The smallest absolute Gasteiger partial charge is 0.123 e. The molecular weight excluding hydrogens is 215 g/mol. The first-order valence-corrected chi connectivity index (χ1v) is 5.50. The predicted octanol–water partition coefficient (Wildman–Crippen LogP) is 2.66. The van der Waals surface area contributed by atoms with Gasteiger partial charge in [-0.05, 0) is 43.0 Å². The summed E-state index contributed by atoms with van der Waals surface area (Å²) in [7, 11) is 0. The molecule has 1 atom stereocenters. The number of alkyl halides is 1. The first kappa shape index (κ1) is 12.4. The molecule has 1 aromatic rings. The maximum atomic E-state index is 13.2. The number of nitrogens with one attached hydrogen (secondary N) is 1. The van der Waals surface area contributed by atoms with Crippen LogP contribution in [0, 0.1) is 12.7 Å². The van der Waals surface area contributed by atoms with Crippen molar-refractivity contribution >= 4 is 11.6 Å². The molecule has 1 rings (SSSR count). The number of hydrogen-bond acceptors (Lipinski definition) is 2. The van der Waals surface area contributed by atoms with E-state index >= 15 is 0 Å². The SMILES string of the molecule is Cc1cc(F)cc(C(CCCCl)NN)c1. The average Bonchev–Trinajstić information content (AvgIpc) is 2.17. The second kappa shape index (κ2) is 6.05. The molecule has 15 heavy (non-hydrogen) atoms. The van der Waals surface area contributed by atoms with Crippen molar-refractivity contribution in [3.63, 3.8) is 0 Å². The van der Waals surface area contributed by atoms with Crippen LogP contribution in [-0.2, 0) is 0 Å². The van der Waals surface area contributed by atoms with Gasteiger partial charge in [0.05, 0.1) is 0 Å². The van der Waals surface area contributed by atoms with Crippen LogP contribution in [-0.4, -0.2) is 5.88 Å². The fourth-order valence-electron chi connectivity index (χ4n) is 1.59. The molecule has 1 aromatic carbocycles. The molecule has 0 amide bonds. The molecule has 2 nitrogen and oxygen atoms in total. The highest BCUT2D eigenvalue weighted by Crippen LogP contribution is 2.20. The summed E-state index contributed by atoms with van der Waals surface area (Å²) < 4.78 is 13.2. The molecule has 0 aromatic heterocycles. The largest absolute Gasteiger partial charge is 0.271 e. The van der Waals surface area contributed by atoms with E-state index in [1.54, 1.807) is 0 Å². The van der Waals surface area contributed by atoms with Crippen molar-refractivity contribution in [2.24, 2.45) is 5.84 Å². The van der Waals surface area contributed by atoms with E-state index in [1.807, 2.05) is 13.0 Å². The van der Waals surface area contributed by atoms with Gasteiger partial charge in [0.15, 0.2) is 0 Å². The Labute approximate surface area is 94.6 Å². The Balaban J connectivity index is 2.81. The van der Waals surface area contributed by atoms with Gasteiger partial charge in [0.2, 0.25) is 0 Å². The maximum absolute atomic E-state index is 13.2. The molecule has 1 unspecified atom stereocenters. The van der Waals surface area contributed by atoms with Crippen LogP contribution in [0.4, 0.5) is 4.39 Å². The van der Waals surface area contributed by atoms with E-state index < -0.39 is 0 Å². The third kappa shape index (κ3) is 3.78. The number of rotatable bonds is 5. The second-order valence-corrected chi connectivity index (χ2v) is 3.99. The van der Waals surface area contributed by atoms with Gasteiger partial charge in [-0.2, -0.15) is 0 Å². The van der Waals surface area contributed by atoms with Gasteiger partial charge < -0.3 is 0 Å². The number of halogens is 2. The van der Waals surface area contributed by atoms with Crippen molar-refractivity contribution in [2.75, 3.05) is 5.88 Å². The van der Waals surface area contributed by atoms with E-state index in [0.29, 0.717) is 5.88 Å². The number of hydrogen-bond donors (Lipinski definition) is 2. The maximum Gasteiger partial charge on any atom is 0.123 e. The summed E-state index contributed by atoms with van der Waals surface area (Å²) in [6.45, 7) is 1.86. The third-order valence-corrected chi connectivity index (χ3v) is 2.56. The van der Waals surface area contributed by atoms with Gasteiger partial charge in [0.1, 0.15) is 5.82 Å². The Hall–Kier alpha value is -0.640. The van der Waals surface area contributed by atoms with E-state index in [-0.39, 0.29) is 11.9 Å². The number of hydrazine groups is 1. The van der Waals surface area contributed by atoms with Gasteiger partial charge in [-0.25, -0.2) is 4.39 Å². The Morgan fingerprint density at radius 2 is 2.20 bits per heavy atom. The second-order valence-electron chi connectivity index (χ2n) is 3.61. The number of benzene rings is 1. The van der Waals surface area contributed by atoms with Crippen molar-refractivity contribution in [3.8, 4) is 0 Å². The number of nitrogens with two attached hydrogens (primary N) is 1. The van der Waals surface area contributed by atoms with E-state index in [1.165, 1.54) is 12.1 Å². The lowest BCUT2D eigenvalue weighted by molar-refractivity contribution is 0.506. The summed E-state index contributed by atoms with van der Waals surface area (Å²) in [5.41, 5.74) is 4.46. The van der Waals surface area contributed by atoms with Crippen LogP contribution in [0.15, 0.2) is 18.2 Å². The minimum absolute atomic E-state index is 0.0295. The number of aryl methyl sites for hydroxylation is 1. The van der Waals surface area contributed by atoms with Crippen molar-refractivity contribution in [3.05, 3.63) is 35.1 Å². The van der Waals surface area contributed by atoms with E-state index in [2.05, 4.69) is 5.43 Å². The Bertz CT molecular complexity index is 297. The summed E-state index contributed by atoms with van der Waals surface area (Å²) >= 11 is 5.61. The molecule has 0 radical (unpaired) electrons. The monoisotopic (exact) mass is 230 g/mol. The normalized spacial score (nSPS) is 12.8. The van der Waals surface area contributed by atoms with Gasteiger partial charge in [-0.15, -0.1) is 11.6 Å². The molecule has 0 heterocycles. The molecule has 0 saturated carbocycles. The molecule has 84 valence electrons. The lowest BCUT2D eigenvalue weighted by Gasteiger charge is -2.16. The van der Waals surface area contributed by atoms with Crippen LogP contribution in [0.1, 0.15) is 30.0 Å². The van der Waals surface area contributed by atoms with E-state index in [9.17, 15) is 4.39 Å². The summed E-state index contributed by atoms with van der Waals surface area (Å²) in [6.07, 6.45) is 1.66. The molecule has 0 fully saturated rings.